The maximum absolute atomic E-state index is 14.4. The second-order valence-electron chi connectivity index (χ2n) is 7.17. The number of halogens is 2. The summed E-state index contributed by atoms with van der Waals surface area (Å²) in [6, 6.07) is -0.565. The SMILES string of the molecule is CCOC1=C(C(N)CO[Si](C)(C)C(C)(C)C)C(F)=C(Cl)CC1. The van der Waals surface area contributed by atoms with Gasteiger partial charge in [-0.25, -0.2) is 4.39 Å². The van der Waals surface area contributed by atoms with Gasteiger partial charge in [-0.15, -0.1) is 0 Å². The molecule has 1 aliphatic carbocycles. The molecule has 3 nitrogen and oxygen atoms in total. The van der Waals surface area contributed by atoms with E-state index in [0.717, 1.165) is 0 Å². The molecule has 0 aromatic rings. The van der Waals surface area contributed by atoms with E-state index in [-0.39, 0.29) is 16.7 Å². The molecule has 0 aromatic carbocycles. The van der Waals surface area contributed by atoms with Gasteiger partial charge in [0, 0.05) is 12.0 Å². The second-order valence-corrected chi connectivity index (χ2v) is 12.4. The van der Waals surface area contributed by atoms with E-state index in [1.807, 2.05) is 6.92 Å². The summed E-state index contributed by atoms with van der Waals surface area (Å²) in [5.74, 6) is 0.165. The zero-order valence-corrected chi connectivity index (χ0v) is 16.3. The van der Waals surface area contributed by atoms with Crippen LogP contribution in [0.5, 0.6) is 0 Å². The van der Waals surface area contributed by atoms with Crippen molar-refractivity contribution in [2.75, 3.05) is 13.2 Å². The van der Waals surface area contributed by atoms with Gasteiger partial charge < -0.3 is 14.9 Å². The van der Waals surface area contributed by atoms with Gasteiger partial charge in [0.2, 0.25) is 0 Å². The molecular weight excluding hydrogens is 321 g/mol. The molecule has 0 aromatic heterocycles. The van der Waals surface area contributed by atoms with Crippen molar-refractivity contribution in [1.82, 2.24) is 0 Å². The molecule has 2 N–H and O–H groups in total. The smallest absolute Gasteiger partial charge is 0.192 e. The average Bonchev–Trinajstić information content (AvgIpc) is 2.40. The molecule has 128 valence electrons. The van der Waals surface area contributed by atoms with Crippen LogP contribution in [-0.2, 0) is 9.16 Å². The molecule has 1 unspecified atom stereocenters. The molecule has 0 saturated carbocycles. The number of hydrogen-bond donors (Lipinski definition) is 1. The first-order chi connectivity index (χ1) is 10.0. The standard InChI is InChI=1S/C16H29ClFNO2Si/c1-7-20-13-9-8-11(17)15(18)14(13)12(19)10-21-22(5,6)16(2,3)4/h12H,7-10,19H2,1-6H3. The highest BCUT2D eigenvalue weighted by Crippen LogP contribution is 2.38. The quantitative estimate of drug-likeness (QED) is 0.698. The highest BCUT2D eigenvalue weighted by molar-refractivity contribution is 6.74. The first-order valence-corrected chi connectivity index (χ1v) is 11.1. The molecule has 6 heteroatoms. The van der Waals surface area contributed by atoms with E-state index in [0.29, 0.717) is 30.8 Å². The third-order valence-electron chi connectivity index (χ3n) is 4.47. The van der Waals surface area contributed by atoms with E-state index < -0.39 is 20.2 Å². The molecule has 0 saturated heterocycles. The number of hydrogen-bond acceptors (Lipinski definition) is 3. The summed E-state index contributed by atoms with van der Waals surface area (Å²) in [5.41, 5.74) is 6.57. The largest absolute Gasteiger partial charge is 0.498 e. The van der Waals surface area contributed by atoms with E-state index in [4.69, 9.17) is 26.5 Å². The number of rotatable bonds is 6. The highest BCUT2D eigenvalue weighted by atomic mass is 35.5. The third-order valence-corrected chi connectivity index (χ3v) is 9.32. The summed E-state index contributed by atoms with van der Waals surface area (Å²) in [6.45, 7) is 13.4. The monoisotopic (exact) mass is 349 g/mol. The summed E-state index contributed by atoms with van der Waals surface area (Å²) in [7, 11) is -1.93. The van der Waals surface area contributed by atoms with Crippen LogP contribution < -0.4 is 5.73 Å². The van der Waals surface area contributed by atoms with Crippen LogP contribution in [0.15, 0.2) is 22.2 Å². The van der Waals surface area contributed by atoms with Crippen molar-refractivity contribution in [3.05, 3.63) is 22.2 Å². The molecule has 22 heavy (non-hydrogen) atoms. The summed E-state index contributed by atoms with van der Waals surface area (Å²) in [4.78, 5) is 0. The minimum Gasteiger partial charge on any atom is -0.498 e. The maximum atomic E-state index is 14.4. The Bertz CT molecular complexity index is 465. The lowest BCUT2D eigenvalue weighted by molar-refractivity contribution is 0.204. The summed E-state index contributed by atoms with van der Waals surface area (Å²) in [5, 5.41) is 0.309. The van der Waals surface area contributed by atoms with Crippen molar-refractivity contribution in [2.24, 2.45) is 5.73 Å². The molecule has 0 aliphatic heterocycles. The first kappa shape index (κ1) is 19.7. The predicted molar refractivity (Wildman–Crippen MR) is 93.0 cm³/mol. The van der Waals surface area contributed by atoms with Gasteiger partial charge in [-0.2, -0.15) is 0 Å². The molecule has 1 atom stereocenters. The van der Waals surface area contributed by atoms with Crippen molar-refractivity contribution in [3.63, 3.8) is 0 Å². The van der Waals surface area contributed by atoms with Crippen LogP contribution in [-0.4, -0.2) is 27.6 Å². The topological polar surface area (TPSA) is 44.5 Å². The predicted octanol–water partition coefficient (Wildman–Crippen LogP) is 4.84. The van der Waals surface area contributed by atoms with Crippen LogP contribution in [0.3, 0.4) is 0 Å². The van der Waals surface area contributed by atoms with Crippen LogP contribution >= 0.6 is 11.6 Å². The molecule has 0 spiro atoms. The van der Waals surface area contributed by atoms with E-state index in [1.165, 1.54) is 0 Å². The van der Waals surface area contributed by atoms with E-state index in [1.54, 1.807) is 0 Å². The Hall–Kier alpha value is -0.363. The first-order valence-electron chi connectivity index (χ1n) is 7.81. The Kier molecular flexibility index (Phi) is 6.68. The minimum absolute atomic E-state index is 0.0858. The molecule has 1 aliphatic rings. The third kappa shape index (κ3) is 4.57. The number of allylic oxidation sites excluding steroid dienone is 2. The molecule has 0 bridgehead atoms. The zero-order valence-electron chi connectivity index (χ0n) is 14.6. The zero-order chi connectivity index (χ0) is 17.1. The van der Waals surface area contributed by atoms with Crippen LogP contribution in [0.4, 0.5) is 4.39 Å². The van der Waals surface area contributed by atoms with Gasteiger partial charge in [0.15, 0.2) is 8.32 Å². The van der Waals surface area contributed by atoms with Crippen LogP contribution in [0.25, 0.3) is 0 Å². The number of ether oxygens (including phenoxy) is 1. The maximum Gasteiger partial charge on any atom is 0.192 e. The van der Waals surface area contributed by atoms with Gasteiger partial charge in [-0.3, -0.25) is 0 Å². The molecular formula is C16H29ClFNO2Si. The van der Waals surface area contributed by atoms with Gasteiger partial charge in [0.25, 0.3) is 0 Å². The van der Waals surface area contributed by atoms with Crippen LogP contribution in [0, 0.1) is 0 Å². The summed E-state index contributed by atoms with van der Waals surface area (Å²) < 4.78 is 26.1. The van der Waals surface area contributed by atoms with Gasteiger partial charge in [-0.05, 0) is 31.5 Å². The fourth-order valence-electron chi connectivity index (χ4n) is 2.03. The van der Waals surface area contributed by atoms with Gasteiger partial charge in [-0.1, -0.05) is 32.4 Å². The molecule has 0 fully saturated rings. The van der Waals surface area contributed by atoms with Crippen LogP contribution in [0.1, 0.15) is 40.5 Å². The normalized spacial score (nSPS) is 18.8. The Morgan fingerprint density at radius 3 is 2.41 bits per heavy atom. The van der Waals surface area contributed by atoms with Crippen molar-refractivity contribution in [1.29, 1.82) is 0 Å². The Morgan fingerprint density at radius 2 is 1.91 bits per heavy atom. The minimum atomic E-state index is -1.93. The van der Waals surface area contributed by atoms with E-state index in [2.05, 4.69) is 33.9 Å². The Morgan fingerprint density at radius 1 is 1.32 bits per heavy atom. The van der Waals surface area contributed by atoms with Crippen molar-refractivity contribution >= 4 is 19.9 Å². The molecule has 0 amide bonds. The van der Waals surface area contributed by atoms with Crippen molar-refractivity contribution in [3.8, 4) is 0 Å². The lowest BCUT2D eigenvalue weighted by atomic mass is 9.98. The Balaban J connectivity index is 2.92. The fraction of sp³-hybridized carbons (Fsp3) is 0.750. The summed E-state index contributed by atoms with van der Waals surface area (Å²) >= 11 is 5.96. The van der Waals surface area contributed by atoms with Crippen LogP contribution in [0.2, 0.25) is 18.1 Å². The number of nitrogens with two attached hydrogens (primary N) is 1. The highest BCUT2D eigenvalue weighted by Gasteiger charge is 2.38. The van der Waals surface area contributed by atoms with Gasteiger partial charge in [0.05, 0.1) is 24.3 Å². The van der Waals surface area contributed by atoms with E-state index >= 15 is 0 Å². The Labute approximate surface area is 139 Å². The van der Waals surface area contributed by atoms with Gasteiger partial charge >= 0.3 is 0 Å². The van der Waals surface area contributed by atoms with Gasteiger partial charge in [0.1, 0.15) is 11.6 Å². The van der Waals surface area contributed by atoms with Crippen molar-refractivity contribution in [2.45, 2.75) is 64.7 Å². The second kappa shape index (κ2) is 7.47. The summed E-state index contributed by atoms with van der Waals surface area (Å²) in [6.07, 6.45) is 1.05. The molecule has 0 heterocycles. The molecule has 1 rings (SSSR count). The van der Waals surface area contributed by atoms with Crippen molar-refractivity contribution < 1.29 is 13.6 Å². The lowest BCUT2D eigenvalue weighted by Crippen LogP contribution is -2.44. The average molecular weight is 350 g/mol. The molecule has 0 radical (unpaired) electrons. The fourth-order valence-corrected chi connectivity index (χ4v) is 3.25. The van der Waals surface area contributed by atoms with E-state index in [9.17, 15) is 4.39 Å². The lowest BCUT2D eigenvalue weighted by Gasteiger charge is -2.37.